The maximum absolute atomic E-state index is 13.9. The number of halogens is 4. The normalized spacial score (nSPS) is 23.9. The van der Waals surface area contributed by atoms with Crippen molar-refractivity contribution in [3.8, 4) is 5.75 Å². The molecule has 2 aromatic rings. The van der Waals surface area contributed by atoms with E-state index in [0.717, 1.165) is 30.9 Å². The van der Waals surface area contributed by atoms with E-state index >= 15 is 0 Å². The average Bonchev–Trinajstić information content (AvgIpc) is 3.63. The van der Waals surface area contributed by atoms with Gasteiger partial charge in [-0.1, -0.05) is 11.6 Å². The second-order valence-electron chi connectivity index (χ2n) is 12.4. The topological polar surface area (TPSA) is 117 Å². The molecule has 236 valence electrons. The van der Waals surface area contributed by atoms with Gasteiger partial charge in [-0.3, -0.25) is 14.4 Å². The number of alkyl halides is 3. The predicted molar refractivity (Wildman–Crippen MR) is 153 cm³/mol. The smallest absolute Gasteiger partial charge is 0.419 e. The number of rotatable bonds is 9. The van der Waals surface area contributed by atoms with Gasteiger partial charge in [0.1, 0.15) is 11.6 Å². The van der Waals surface area contributed by atoms with E-state index in [-0.39, 0.29) is 40.9 Å². The summed E-state index contributed by atoms with van der Waals surface area (Å²) in [5.41, 5.74) is -1.54. The van der Waals surface area contributed by atoms with Gasteiger partial charge in [-0.25, -0.2) is 4.39 Å². The van der Waals surface area contributed by atoms with Crippen LogP contribution in [0.1, 0.15) is 65.8 Å². The number of nitrogens with one attached hydrogen (secondary N) is 3. The molecule has 12 heteroatoms. The summed E-state index contributed by atoms with van der Waals surface area (Å²) in [6, 6.07) is 5.95. The minimum absolute atomic E-state index is 0.0179. The Balaban J connectivity index is 1.41. The Labute approximate surface area is 252 Å². The maximum Gasteiger partial charge on any atom is 0.419 e. The molecule has 0 aliphatic heterocycles. The molecule has 0 aromatic heterocycles. The summed E-state index contributed by atoms with van der Waals surface area (Å²) in [7, 11) is 1.38. The van der Waals surface area contributed by atoms with Gasteiger partial charge >= 0.3 is 6.18 Å². The third-order valence-electron chi connectivity index (χ3n) is 8.48. The molecular weight excluding hydrogens is 582 g/mol. The van der Waals surface area contributed by atoms with Crippen LogP contribution < -0.4 is 20.7 Å². The van der Waals surface area contributed by atoms with E-state index in [4.69, 9.17) is 4.74 Å². The van der Waals surface area contributed by atoms with Crippen molar-refractivity contribution in [2.75, 3.05) is 19.0 Å². The number of amides is 3. The largest absolute Gasteiger partial charge is 0.496 e. The van der Waals surface area contributed by atoms with Crippen molar-refractivity contribution in [2.45, 2.75) is 57.3 Å². The summed E-state index contributed by atoms with van der Waals surface area (Å²) in [5, 5.41) is 18.1. The highest BCUT2D eigenvalue weighted by atomic mass is 19.4. The van der Waals surface area contributed by atoms with Crippen molar-refractivity contribution < 1.29 is 41.8 Å². The van der Waals surface area contributed by atoms with Crippen LogP contribution in [0.25, 0.3) is 0 Å². The molecule has 0 radical (unpaired) electrons. The Hall–Kier alpha value is -3.93. The fraction of sp³-hybridized carbons (Fsp3) is 0.469. The van der Waals surface area contributed by atoms with Gasteiger partial charge < -0.3 is 25.8 Å². The van der Waals surface area contributed by atoms with Gasteiger partial charge in [0.25, 0.3) is 11.8 Å². The van der Waals surface area contributed by atoms with Gasteiger partial charge in [-0.2, -0.15) is 13.2 Å². The summed E-state index contributed by atoms with van der Waals surface area (Å²) >= 11 is 0. The van der Waals surface area contributed by atoms with E-state index in [9.17, 15) is 37.1 Å². The Morgan fingerprint density at radius 3 is 2.34 bits per heavy atom. The lowest BCUT2D eigenvalue weighted by atomic mass is 9.83. The predicted octanol–water partition coefficient (Wildman–Crippen LogP) is 5.08. The lowest BCUT2D eigenvalue weighted by molar-refractivity contribution is -0.140. The van der Waals surface area contributed by atoms with Gasteiger partial charge in [-0.15, -0.1) is 0 Å². The number of hydrogen-bond donors (Lipinski definition) is 4. The summed E-state index contributed by atoms with van der Waals surface area (Å²) in [6.45, 7) is 3.06. The molecule has 5 rings (SSSR count). The van der Waals surface area contributed by atoms with E-state index < -0.39 is 52.8 Å². The van der Waals surface area contributed by atoms with E-state index in [0.29, 0.717) is 24.5 Å². The standard InChI is InChI=1S/C32H35F4N3O5/c1-31(2,43)15-37-28(40)17-6-11-25(44-3)22(13-17)29(41)39-27-20-9-8-19(21(20)12-16-4-5-16)26(27)30(42)38-18-7-10-24(33)23(14-18)32(34,35)36/h6-7,10-14,16,19-20,26-27,43H,4-5,8-9,15H2,1-3H3,(H,37,40)(H,38,42)(H,39,41)/b21-12-/t19-,20+,26-,27+/m0/s1. The quantitative estimate of drug-likeness (QED) is 0.231. The monoisotopic (exact) mass is 617 g/mol. The number of aliphatic hydroxyl groups is 1. The first-order valence-corrected chi connectivity index (χ1v) is 14.5. The average molecular weight is 618 g/mol. The number of carbonyl (C=O) groups excluding carboxylic acids is 3. The molecular formula is C32H35F4N3O5. The van der Waals surface area contributed by atoms with Crippen molar-refractivity contribution in [1.29, 1.82) is 0 Å². The van der Waals surface area contributed by atoms with Gasteiger partial charge in [-0.05, 0) is 87.8 Å². The van der Waals surface area contributed by atoms with Crippen molar-refractivity contribution in [2.24, 2.45) is 23.7 Å². The molecule has 0 unspecified atom stereocenters. The Bertz CT molecular complexity index is 1500. The Morgan fingerprint density at radius 1 is 1.00 bits per heavy atom. The van der Waals surface area contributed by atoms with Gasteiger partial charge in [0, 0.05) is 29.8 Å². The highest BCUT2D eigenvalue weighted by Gasteiger charge is 2.55. The van der Waals surface area contributed by atoms with E-state index in [1.165, 1.54) is 25.3 Å². The third kappa shape index (κ3) is 6.74. The summed E-state index contributed by atoms with van der Waals surface area (Å²) in [4.78, 5) is 40.1. The van der Waals surface area contributed by atoms with E-state index in [2.05, 4.69) is 22.0 Å². The molecule has 0 heterocycles. The molecule has 0 saturated heterocycles. The number of carbonyl (C=O) groups is 3. The summed E-state index contributed by atoms with van der Waals surface area (Å²) in [5.74, 6) is -3.66. The van der Waals surface area contributed by atoms with Crippen molar-refractivity contribution in [3.05, 3.63) is 70.6 Å². The van der Waals surface area contributed by atoms with E-state index in [1.54, 1.807) is 13.8 Å². The van der Waals surface area contributed by atoms with Crippen molar-refractivity contribution >= 4 is 23.4 Å². The third-order valence-corrected chi connectivity index (χ3v) is 8.48. The molecule has 2 bridgehead atoms. The number of benzene rings is 2. The number of fused-ring (bicyclic) bond motifs is 2. The number of anilines is 1. The minimum atomic E-state index is -4.94. The van der Waals surface area contributed by atoms with Crippen molar-refractivity contribution in [3.63, 3.8) is 0 Å². The number of methoxy groups -OCH3 is 1. The van der Waals surface area contributed by atoms with E-state index in [1.807, 2.05) is 0 Å². The molecule has 2 aromatic carbocycles. The van der Waals surface area contributed by atoms with Crippen LogP contribution in [0.15, 0.2) is 48.0 Å². The molecule has 44 heavy (non-hydrogen) atoms. The molecule has 4 N–H and O–H groups in total. The fourth-order valence-electron chi connectivity index (χ4n) is 6.26. The molecule has 4 atom stereocenters. The van der Waals surface area contributed by atoms with Crippen LogP contribution >= 0.6 is 0 Å². The van der Waals surface area contributed by atoms with Crippen LogP contribution in [0.5, 0.6) is 5.75 Å². The molecule has 0 spiro atoms. The van der Waals surface area contributed by atoms with Gasteiger partial charge in [0.2, 0.25) is 5.91 Å². The second kappa shape index (κ2) is 11.9. The van der Waals surface area contributed by atoms with Crippen LogP contribution in [0.4, 0.5) is 23.2 Å². The second-order valence-corrected chi connectivity index (χ2v) is 12.4. The highest BCUT2D eigenvalue weighted by Crippen LogP contribution is 2.54. The summed E-state index contributed by atoms with van der Waals surface area (Å²) in [6.07, 6.45) is 0.710. The SMILES string of the molecule is COc1ccc(C(=O)NCC(C)(C)O)cc1C(=O)N[C@H]1[C@@H](C(=O)Nc2ccc(F)c(C(F)(F)F)c2)[C@H]2CC[C@@H]1/C2=C\C1CC1. The van der Waals surface area contributed by atoms with Gasteiger partial charge in [0.15, 0.2) is 0 Å². The fourth-order valence-corrected chi connectivity index (χ4v) is 6.26. The van der Waals surface area contributed by atoms with Crippen molar-refractivity contribution in [1.82, 2.24) is 10.6 Å². The van der Waals surface area contributed by atoms with Crippen LogP contribution in [0, 0.1) is 29.5 Å². The zero-order valence-corrected chi connectivity index (χ0v) is 24.6. The maximum atomic E-state index is 13.9. The Kier molecular flexibility index (Phi) is 8.50. The lowest BCUT2D eigenvalue weighted by Gasteiger charge is -2.30. The summed E-state index contributed by atoms with van der Waals surface area (Å²) < 4.78 is 59.2. The van der Waals surface area contributed by atoms with Gasteiger partial charge in [0.05, 0.1) is 29.8 Å². The minimum Gasteiger partial charge on any atom is -0.496 e. The molecule has 3 saturated carbocycles. The lowest BCUT2D eigenvalue weighted by Crippen LogP contribution is -2.48. The van der Waals surface area contributed by atoms with Crippen LogP contribution in [0.3, 0.4) is 0 Å². The molecule has 8 nitrogen and oxygen atoms in total. The molecule has 3 amide bonds. The Morgan fingerprint density at radius 2 is 1.70 bits per heavy atom. The number of ether oxygens (including phenoxy) is 1. The first kappa shape index (κ1) is 31.5. The molecule has 3 aliphatic rings. The zero-order chi connectivity index (χ0) is 32.0. The van der Waals surface area contributed by atoms with Crippen LogP contribution in [-0.2, 0) is 11.0 Å². The van der Waals surface area contributed by atoms with Crippen LogP contribution in [-0.4, -0.2) is 48.1 Å². The number of allylic oxidation sites excluding steroid dienone is 1. The molecule has 3 aliphatic carbocycles. The number of hydrogen-bond acceptors (Lipinski definition) is 5. The highest BCUT2D eigenvalue weighted by molar-refractivity contribution is 6.02. The van der Waals surface area contributed by atoms with Crippen LogP contribution in [0.2, 0.25) is 0 Å². The zero-order valence-electron chi connectivity index (χ0n) is 24.6. The first-order chi connectivity index (χ1) is 20.7. The molecule has 3 fully saturated rings. The first-order valence-electron chi connectivity index (χ1n) is 14.5.